The first-order valence-electron chi connectivity index (χ1n) is 6.63. The van der Waals surface area contributed by atoms with E-state index >= 15 is 0 Å². The fourth-order valence-corrected chi connectivity index (χ4v) is 1.75. The van der Waals surface area contributed by atoms with Crippen LogP contribution in [0, 0.1) is 0 Å². The van der Waals surface area contributed by atoms with Crippen LogP contribution in [-0.4, -0.2) is 49.8 Å². The molecule has 116 valence electrons. The van der Waals surface area contributed by atoms with Crippen molar-refractivity contribution < 1.29 is 19.4 Å². The van der Waals surface area contributed by atoms with E-state index in [1.54, 1.807) is 24.3 Å². The molecule has 0 aliphatic carbocycles. The molecule has 0 aliphatic rings. The first-order chi connectivity index (χ1) is 10.1. The van der Waals surface area contributed by atoms with Crippen molar-refractivity contribution in [2.24, 2.45) is 0 Å². The number of aliphatic hydroxyl groups excluding tert-OH is 1. The molecule has 21 heavy (non-hydrogen) atoms. The van der Waals surface area contributed by atoms with Crippen molar-refractivity contribution in [1.82, 2.24) is 10.6 Å². The van der Waals surface area contributed by atoms with Gasteiger partial charge in [-0.3, -0.25) is 9.59 Å². The summed E-state index contributed by atoms with van der Waals surface area (Å²) in [5.74, 6) is -0.667. The van der Waals surface area contributed by atoms with Crippen LogP contribution in [0.2, 0.25) is 5.02 Å². The molecule has 0 atom stereocenters. The van der Waals surface area contributed by atoms with Crippen molar-refractivity contribution in [3.8, 4) is 0 Å². The zero-order chi connectivity index (χ0) is 15.5. The van der Waals surface area contributed by atoms with Gasteiger partial charge in [-0.2, -0.15) is 0 Å². The van der Waals surface area contributed by atoms with Crippen molar-refractivity contribution in [2.45, 2.75) is 6.42 Å². The Bertz CT molecular complexity index is 468. The van der Waals surface area contributed by atoms with Gasteiger partial charge in [-0.25, -0.2) is 0 Å². The molecule has 0 saturated heterocycles. The minimum atomic E-state index is -0.387. The van der Waals surface area contributed by atoms with Crippen molar-refractivity contribution >= 4 is 23.4 Å². The van der Waals surface area contributed by atoms with E-state index in [0.29, 0.717) is 36.8 Å². The first kappa shape index (κ1) is 17.4. The molecule has 0 saturated carbocycles. The number of ether oxygens (including phenoxy) is 1. The standard InChI is InChI=1S/C14H19ClN2O4/c15-12-5-2-1-4-11(12)14(20)17-10-13(19)16-6-3-8-21-9-7-18/h1-2,4-5,18H,3,6-10H2,(H,16,19)(H,17,20). The van der Waals surface area contributed by atoms with E-state index in [2.05, 4.69) is 10.6 Å². The SMILES string of the molecule is O=C(CNC(=O)c1ccccc1Cl)NCCCOCCO. The highest BCUT2D eigenvalue weighted by atomic mass is 35.5. The molecule has 0 bridgehead atoms. The van der Waals surface area contributed by atoms with Gasteiger partial charge in [0.1, 0.15) is 0 Å². The number of hydrogen-bond acceptors (Lipinski definition) is 4. The second-order valence-corrected chi connectivity index (χ2v) is 4.61. The third-order valence-electron chi connectivity index (χ3n) is 2.55. The number of rotatable bonds is 9. The highest BCUT2D eigenvalue weighted by molar-refractivity contribution is 6.33. The quantitative estimate of drug-likeness (QED) is 0.582. The van der Waals surface area contributed by atoms with Gasteiger partial charge >= 0.3 is 0 Å². The summed E-state index contributed by atoms with van der Waals surface area (Å²) < 4.78 is 5.05. The Hall–Kier alpha value is -1.63. The highest BCUT2D eigenvalue weighted by Crippen LogP contribution is 2.14. The molecule has 7 heteroatoms. The van der Waals surface area contributed by atoms with Gasteiger partial charge in [0, 0.05) is 13.2 Å². The lowest BCUT2D eigenvalue weighted by Crippen LogP contribution is -2.37. The summed E-state index contributed by atoms with van der Waals surface area (Å²) >= 11 is 5.89. The van der Waals surface area contributed by atoms with Crippen molar-refractivity contribution in [3.05, 3.63) is 34.9 Å². The van der Waals surface area contributed by atoms with Crippen LogP contribution in [0.15, 0.2) is 24.3 Å². The number of carbonyl (C=O) groups excluding carboxylic acids is 2. The van der Waals surface area contributed by atoms with E-state index in [1.165, 1.54) is 0 Å². The van der Waals surface area contributed by atoms with Crippen LogP contribution in [0.4, 0.5) is 0 Å². The molecule has 1 aromatic rings. The number of nitrogens with one attached hydrogen (secondary N) is 2. The van der Waals surface area contributed by atoms with Crippen LogP contribution in [0.5, 0.6) is 0 Å². The lowest BCUT2D eigenvalue weighted by atomic mass is 10.2. The second kappa shape index (κ2) is 10.1. The van der Waals surface area contributed by atoms with Gasteiger partial charge in [-0.15, -0.1) is 0 Å². The minimum Gasteiger partial charge on any atom is -0.394 e. The number of carbonyl (C=O) groups is 2. The predicted octanol–water partition coefficient (Wildman–Crippen LogP) is 0.585. The van der Waals surface area contributed by atoms with Gasteiger partial charge in [0.25, 0.3) is 5.91 Å². The predicted molar refractivity (Wildman–Crippen MR) is 79.3 cm³/mol. The van der Waals surface area contributed by atoms with E-state index < -0.39 is 0 Å². The van der Waals surface area contributed by atoms with Crippen molar-refractivity contribution in [3.63, 3.8) is 0 Å². The number of aliphatic hydroxyl groups is 1. The summed E-state index contributed by atoms with van der Waals surface area (Å²) in [6, 6.07) is 6.63. The van der Waals surface area contributed by atoms with E-state index in [-0.39, 0.29) is 25.0 Å². The van der Waals surface area contributed by atoms with Crippen LogP contribution in [0.25, 0.3) is 0 Å². The van der Waals surface area contributed by atoms with Crippen LogP contribution in [-0.2, 0) is 9.53 Å². The molecule has 0 heterocycles. The van der Waals surface area contributed by atoms with Crippen LogP contribution < -0.4 is 10.6 Å². The minimum absolute atomic E-state index is 0.0135. The molecule has 1 aromatic carbocycles. The highest BCUT2D eigenvalue weighted by Gasteiger charge is 2.10. The molecule has 2 amide bonds. The van der Waals surface area contributed by atoms with Crippen LogP contribution >= 0.6 is 11.6 Å². The summed E-state index contributed by atoms with van der Waals surface area (Å²) in [6.07, 6.45) is 0.643. The zero-order valence-electron chi connectivity index (χ0n) is 11.6. The van der Waals surface area contributed by atoms with Gasteiger partial charge in [0.05, 0.1) is 30.3 Å². The molecule has 0 radical (unpaired) electrons. The Morgan fingerprint density at radius 2 is 1.95 bits per heavy atom. The monoisotopic (exact) mass is 314 g/mol. The largest absolute Gasteiger partial charge is 0.394 e. The van der Waals surface area contributed by atoms with Gasteiger partial charge < -0.3 is 20.5 Å². The fourth-order valence-electron chi connectivity index (χ4n) is 1.53. The Balaban J connectivity index is 2.18. The Morgan fingerprint density at radius 1 is 1.19 bits per heavy atom. The lowest BCUT2D eigenvalue weighted by Gasteiger charge is -2.08. The maximum atomic E-state index is 11.8. The summed E-state index contributed by atoms with van der Waals surface area (Å²) in [5, 5.41) is 14.0. The maximum absolute atomic E-state index is 11.8. The van der Waals surface area contributed by atoms with Crippen LogP contribution in [0.1, 0.15) is 16.8 Å². The number of hydrogen-bond donors (Lipinski definition) is 3. The normalized spacial score (nSPS) is 10.2. The lowest BCUT2D eigenvalue weighted by molar-refractivity contribution is -0.120. The van der Waals surface area contributed by atoms with Gasteiger partial charge in [-0.05, 0) is 18.6 Å². The summed E-state index contributed by atoms with van der Waals surface area (Å²) in [6.45, 7) is 1.09. The Morgan fingerprint density at radius 3 is 2.67 bits per heavy atom. The topological polar surface area (TPSA) is 87.7 Å². The molecule has 0 unspecified atom stereocenters. The first-order valence-corrected chi connectivity index (χ1v) is 7.01. The van der Waals surface area contributed by atoms with Crippen LogP contribution in [0.3, 0.4) is 0 Å². The summed E-state index contributed by atoms with van der Waals surface area (Å²) in [4.78, 5) is 23.3. The molecular weight excluding hydrogens is 296 g/mol. The molecule has 0 aromatic heterocycles. The molecular formula is C14H19ClN2O4. The molecule has 0 spiro atoms. The summed E-state index contributed by atoms with van der Waals surface area (Å²) in [7, 11) is 0. The van der Waals surface area contributed by atoms with E-state index in [0.717, 1.165) is 0 Å². The Labute approximate surface area is 128 Å². The molecule has 3 N–H and O–H groups in total. The summed E-state index contributed by atoms with van der Waals surface area (Å²) in [5.41, 5.74) is 0.337. The van der Waals surface area contributed by atoms with Gasteiger partial charge in [0.15, 0.2) is 0 Å². The smallest absolute Gasteiger partial charge is 0.253 e. The molecule has 0 fully saturated rings. The van der Waals surface area contributed by atoms with Gasteiger partial charge in [0.2, 0.25) is 5.91 Å². The average molecular weight is 315 g/mol. The van der Waals surface area contributed by atoms with E-state index in [4.69, 9.17) is 21.4 Å². The number of benzene rings is 1. The third-order valence-corrected chi connectivity index (χ3v) is 2.88. The van der Waals surface area contributed by atoms with E-state index in [1.807, 2.05) is 0 Å². The van der Waals surface area contributed by atoms with Crippen molar-refractivity contribution in [1.29, 1.82) is 0 Å². The number of amides is 2. The van der Waals surface area contributed by atoms with Gasteiger partial charge in [-0.1, -0.05) is 23.7 Å². The molecule has 6 nitrogen and oxygen atoms in total. The average Bonchev–Trinajstić information content (AvgIpc) is 2.49. The van der Waals surface area contributed by atoms with Crippen molar-refractivity contribution in [2.75, 3.05) is 32.9 Å². The van der Waals surface area contributed by atoms with E-state index in [9.17, 15) is 9.59 Å². The third kappa shape index (κ3) is 7.08. The zero-order valence-corrected chi connectivity index (χ0v) is 12.4. The molecule has 1 rings (SSSR count). The molecule has 0 aliphatic heterocycles. The second-order valence-electron chi connectivity index (χ2n) is 4.20. The Kier molecular flexibility index (Phi) is 8.42. The maximum Gasteiger partial charge on any atom is 0.253 e. The fraction of sp³-hybridized carbons (Fsp3) is 0.429. The number of halogens is 1.